The fraction of sp³-hybridized carbons (Fsp3) is 0.200. The second-order valence-electron chi connectivity index (χ2n) is 4.68. The third kappa shape index (κ3) is 2.25. The van der Waals surface area contributed by atoms with Crippen molar-refractivity contribution in [2.24, 2.45) is 0 Å². The molecule has 0 fully saturated rings. The second kappa shape index (κ2) is 4.93. The Bertz CT molecular complexity index is 617. The lowest BCUT2D eigenvalue weighted by atomic mass is 9.96. The van der Waals surface area contributed by atoms with E-state index in [1.807, 2.05) is 24.3 Å². The molecule has 1 aliphatic heterocycles. The molecule has 2 unspecified atom stereocenters. The van der Waals surface area contributed by atoms with E-state index in [1.165, 1.54) is 17.7 Å². The highest BCUT2D eigenvalue weighted by atomic mass is 35.5. The Morgan fingerprint density at radius 1 is 1.26 bits per heavy atom. The lowest BCUT2D eigenvalue weighted by Crippen LogP contribution is -2.20. The number of nitrogens with one attached hydrogen (secondary N) is 1. The van der Waals surface area contributed by atoms with Gasteiger partial charge in [-0.05, 0) is 28.8 Å². The van der Waals surface area contributed by atoms with Gasteiger partial charge < -0.3 is 10.4 Å². The Morgan fingerprint density at radius 2 is 2.05 bits per heavy atom. The summed E-state index contributed by atoms with van der Waals surface area (Å²) in [7, 11) is 0. The lowest BCUT2D eigenvalue weighted by molar-refractivity contribution is 0.133. The van der Waals surface area contributed by atoms with Crippen molar-refractivity contribution in [3.8, 4) is 0 Å². The van der Waals surface area contributed by atoms with Crippen molar-refractivity contribution in [2.45, 2.75) is 18.7 Å². The maximum atomic E-state index is 13.1. The molecule has 1 aliphatic rings. The Morgan fingerprint density at radius 3 is 2.84 bits per heavy atom. The van der Waals surface area contributed by atoms with E-state index in [-0.39, 0.29) is 11.1 Å². The average molecular weight is 278 g/mol. The van der Waals surface area contributed by atoms with E-state index in [4.69, 9.17) is 11.6 Å². The summed E-state index contributed by atoms with van der Waals surface area (Å²) in [5, 5.41) is 13.7. The molecule has 19 heavy (non-hydrogen) atoms. The summed E-state index contributed by atoms with van der Waals surface area (Å²) in [4.78, 5) is 0. The maximum absolute atomic E-state index is 13.1. The van der Waals surface area contributed by atoms with Gasteiger partial charge in [-0.3, -0.25) is 0 Å². The number of benzene rings is 2. The molecule has 2 N–H and O–H groups in total. The van der Waals surface area contributed by atoms with Crippen molar-refractivity contribution in [3.05, 3.63) is 70.0 Å². The van der Waals surface area contributed by atoms with Crippen molar-refractivity contribution >= 4 is 11.6 Å². The summed E-state index contributed by atoms with van der Waals surface area (Å²) in [5.74, 6) is -0.475. The molecule has 3 rings (SSSR count). The van der Waals surface area contributed by atoms with Crippen LogP contribution in [0, 0.1) is 5.82 Å². The van der Waals surface area contributed by atoms with Gasteiger partial charge in [0, 0.05) is 6.54 Å². The monoisotopic (exact) mass is 277 g/mol. The summed E-state index contributed by atoms with van der Waals surface area (Å²) < 4.78 is 13.1. The topological polar surface area (TPSA) is 32.3 Å². The van der Waals surface area contributed by atoms with Crippen LogP contribution in [0.2, 0.25) is 5.02 Å². The summed E-state index contributed by atoms with van der Waals surface area (Å²) in [6, 6.07) is 12.1. The van der Waals surface area contributed by atoms with Crippen LogP contribution >= 0.6 is 11.6 Å². The summed E-state index contributed by atoms with van der Waals surface area (Å²) in [6.45, 7) is 0.729. The van der Waals surface area contributed by atoms with E-state index in [0.29, 0.717) is 5.56 Å². The fourth-order valence-corrected chi connectivity index (χ4v) is 2.69. The minimum atomic E-state index is -0.748. The molecule has 0 bridgehead atoms. The number of rotatable bonds is 2. The molecular weight excluding hydrogens is 265 g/mol. The summed E-state index contributed by atoms with van der Waals surface area (Å²) in [5.41, 5.74) is 2.87. The first-order chi connectivity index (χ1) is 9.16. The van der Waals surface area contributed by atoms with Gasteiger partial charge in [0.1, 0.15) is 5.82 Å². The van der Waals surface area contributed by atoms with Gasteiger partial charge in [-0.15, -0.1) is 0 Å². The van der Waals surface area contributed by atoms with Gasteiger partial charge in [-0.2, -0.15) is 0 Å². The maximum Gasteiger partial charge on any atom is 0.141 e. The number of hydrogen-bond acceptors (Lipinski definition) is 2. The quantitative estimate of drug-likeness (QED) is 0.882. The number of aliphatic hydroxyl groups is 1. The van der Waals surface area contributed by atoms with Crippen molar-refractivity contribution in [1.82, 2.24) is 5.32 Å². The van der Waals surface area contributed by atoms with Crippen LogP contribution in [0.4, 0.5) is 4.39 Å². The highest BCUT2D eigenvalue weighted by molar-refractivity contribution is 6.30. The van der Waals surface area contributed by atoms with E-state index >= 15 is 0 Å². The molecule has 1 heterocycles. The molecule has 2 aromatic rings. The predicted octanol–water partition coefficient (Wildman–Crippen LogP) is 3.36. The van der Waals surface area contributed by atoms with Gasteiger partial charge in [-0.1, -0.05) is 41.9 Å². The molecule has 0 aliphatic carbocycles. The molecule has 2 nitrogen and oxygen atoms in total. The average Bonchev–Trinajstić information content (AvgIpc) is 2.85. The molecule has 2 atom stereocenters. The van der Waals surface area contributed by atoms with Crippen molar-refractivity contribution in [3.63, 3.8) is 0 Å². The summed E-state index contributed by atoms with van der Waals surface area (Å²) in [6.07, 6.45) is -0.748. The van der Waals surface area contributed by atoms with Crippen LogP contribution in [0.15, 0.2) is 42.5 Å². The number of halogens is 2. The number of aliphatic hydroxyl groups excluding tert-OH is 1. The molecule has 2 aromatic carbocycles. The third-order valence-corrected chi connectivity index (χ3v) is 3.79. The molecule has 0 saturated carbocycles. The Hall–Kier alpha value is -1.42. The fourth-order valence-electron chi connectivity index (χ4n) is 2.50. The van der Waals surface area contributed by atoms with Gasteiger partial charge in [0.15, 0.2) is 0 Å². The first-order valence-electron chi connectivity index (χ1n) is 6.11. The zero-order chi connectivity index (χ0) is 13.4. The third-order valence-electron chi connectivity index (χ3n) is 3.50. The van der Waals surface area contributed by atoms with E-state index < -0.39 is 11.9 Å². The second-order valence-corrected chi connectivity index (χ2v) is 5.08. The van der Waals surface area contributed by atoms with E-state index in [9.17, 15) is 9.50 Å². The van der Waals surface area contributed by atoms with Crippen LogP contribution in [0.25, 0.3) is 0 Å². The predicted molar refractivity (Wildman–Crippen MR) is 72.4 cm³/mol. The molecule has 4 heteroatoms. The van der Waals surface area contributed by atoms with Crippen LogP contribution in [-0.2, 0) is 6.54 Å². The first-order valence-corrected chi connectivity index (χ1v) is 6.49. The molecule has 98 valence electrons. The minimum Gasteiger partial charge on any atom is -0.386 e. The molecule has 0 radical (unpaired) electrons. The van der Waals surface area contributed by atoms with Gasteiger partial charge >= 0.3 is 0 Å². The van der Waals surface area contributed by atoms with Crippen LogP contribution < -0.4 is 5.32 Å². The minimum absolute atomic E-state index is 0.0304. The van der Waals surface area contributed by atoms with Crippen molar-refractivity contribution in [1.29, 1.82) is 0 Å². The highest BCUT2D eigenvalue weighted by Gasteiger charge is 2.29. The number of hydrogen-bond donors (Lipinski definition) is 2. The van der Waals surface area contributed by atoms with Gasteiger partial charge in [0.2, 0.25) is 0 Å². The zero-order valence-electron chi connectivity index (χ0n) is 10.1. The molecular formula is C15H13ClFNO. The molecule has 0 amide bonds. The Kier molecular flexibility index (Phi) is 3.27. The lowest BCUT2D eigenvalue weighted by Gasteiger charge is -2.20. The normalized spacial score (nSPS) is 19.2. The smallest absolute Gasteiger partial charge is 0.141 e. The van der Waals surface area contributed by atoms with E-state index in [0.717, 1.165) is 12.1 Å². The molecule has 0 spiro atoms. The standard InChI is InChI=1S/C15H13ClFNO/c16-12-7-9(5-6-13(12)17)15(19)14-11-4-2-1-3-10(11)8-18-14/h1-7,14-15,18-19H,8H2. The largest absolute Gasteiger partial charge is 0.386 e. The first kappa shape index (κ1) is 12.6. The summed E-state index contributed by atoms with van der Waals surface area (Å²) >= 11 is 5.76. The Balaban J connectivity index is 1.93. The van der Waals surface area contributed by atoms with Crippen LogP contribution in [0.3, 0.4) is 0 Å². The van der Waals surface area contributed by atoms with Crippen molar-refractivity contribution < 1.29 is 9.50 Å². The highest BCUT2D eigenvalue weighted by Crippen LogP contribution is 2.35. The Labute approximate surface area is 115 Å². The SMILES string of the molecule is OC(c1ccc(F)c(Cl)c1)C1NCc2ccccc21. The van der Waals surface area contributed by atoms with Crippen LogP contribution in [0.5, 0.6) is 0 Å². The van der Waals surface area contributed by atoms with Crippen LogP contribution in [-0.4, -0.2) is 5.11 Å². The van der Waals surface area contributed by atoms with Gasteiger partial charge in [0.25, 0.3) is 0 Å². The molecule has 0 aromatic heterocycles. The van der Waals surface area contributed by atoms with Crippen LogP contribution in [0.1, 0.15) is 28.8 Å². The number of fused-ring (bicyclic) bond motifs is 1. The van der Waals surface area contributed by atoms with E-state index in [2.05, 4.69) is 5.32 Å². The van der Waals surface area contributed by atoms with Gasteiger partial charge in [-0.25, -0.2) is 4.39 Å². The van der Waals surface area contributed by atoms with E-state index in [1.54, 1.807) is 6.07 Å². The molecule has 0 saturated heterocycles. The zero-order valence-corrected chi connectivity index (χ0v) is 10.9. The van der Waals surface area contributed by atoms with Gasteiger partial charge in [0.05, 0.1) is 17.2 Å². The van der Waals surface area contributed by atoms with Crippen molar-refractivity contribution in [2.75, 3.05) is 0 Å².